The molecule has 178 valence electrons. The number of piperidine rings is 1. The molecule has 4 rings (SSSR count). The fraction of sp³-hybridized carbons (Fsp3) is 0.400. The highest BCUT2D eigenvalue weighted by Gasteiger charge is 2.28. The quantitative estimate of drug-likeness (QED) is 0.294. The molecule has 3 N–H and O–H groups in total. The molecule has 0 bridgehead atoms. The number of nitro benzene ring substituents is 1. The summed E-state index contributed by atoms with van der Waals surface area (Å²) in [5.41, 5.74) is 9.94. The second-order valence-corrected chi connectivity index (χ2v) is 8.03. The summed E-state index contributed by atoms with van der Waals surface area (Å²) in [6.45, 7) is 5.08. The summed E-state index contributed by atoms with van der Waals surface area (Å²) in [6, 6.07) is 6.18. The first-order chi connectivity index (χ1) is 16.3. The largest absolute Gasteiger partial charge is 0.378 e. The van der Waals surface area contributed by atoms with Crippen molar-refractivity contribution in [2.24, 2.45) is 5.10 Å². The Balaban J connectivity index is 1.59. The highest BCUT2D eigenvalue weighted by Crippen LogP contribution is 2.23. The van der Waals surface area contributed by atoms with Crippen molar-refractivity contribution in [1.29, 1.82) is 0 Å². The van der Waals surface area contributed by atoms with E-state index in [0.717, 1.165) is 25.8 Å². The number of amides is 1. The molecule has 0 saturated carbocycles. The number of nitrogen functional groups attached to an aromatic ring is 1. The third-order valence-electron chi connectivity index (χ3n) is 5.79. The van der Waals surface area contributed by atoms with Crippen LogP contribution in [-0.4, -0.2) is 59.3 Å². The Morgan fingerprint density at radius 1 is 1.32 bits per heavy atom. The average Bonchev–Trinajstić information content (AvgIpc) is 3.44. The number of hydrazone groups is 1. The van der Waals surface area contributed by atoms with E-state index in [2.05, 4.69) is 43.0 Å². The Labute approximate surface area is 193 Å². The Morgan fingerprint density at radius 2 is 2.09 bits per heavy atom. The van der Waals surface area contributed by atoms with Gasteiger partial charge in [-0.15, -0.1) is 5.10 Å². The van der Waals surface area contributed by atoms with E-state index < -0.39 is 10.8 Å². The van der Waals surface area contributed by atoms with Gasteiger partial charge in [-0.25, -0.2) is 10.1 Å². The number of nitrogens with one attached hydrogen (secondary N) is 1. The summed E-state index contributed by atoms with van der Waals surface area (Å²) in [5, 5.41) is 30.4. The van der Waals surface area contributed by atoms with Crippen LogP contribution in [0, 0.1) is 10.1 Å². The molecule has 1 aliphatic rings. The Morgan fingerprint density at radius 3 is 2.74 bits per heavy atom. The number of hydrogen-bond acceptors (Lipinski definition) is 11. The maximum Gasteiger partial charge on any atom is 0.293 e. The normalized spacial score (nSPS) is 17.0. The number of hydrogen-bond donors (Lipinski definition) is 2. The van der Waals surface area contributed by atoms with Gasteiger partial charge in [-0.3, -0.25) is 19.8 Å². The zero-order valence-corrected chi connectivity index (χ0v) is 18.7. The van der Waals surface area contributed by atoms with Crippen LogP contribution in [0.15, 0.2) is 34.0 Å². The first-order valence-electron chi connectivity index (χ1n) is 10.7. The topological polar surface area (TPSA) is 183 Å². The molecule has 1 aromatic carbocycles. The molecule has 1 amide bonds. The van der Waals surface area contributed by atoms with Crippen LogP contribution in [0.5, 0.6) is 0 Å². The third kappa shape index (κ3) is 4.76. The minimum Gasteiger partial charge on any atom is -0.378 e. The van der Waals surface area contributed by atoms with Crippen LogP contribution >= 0.6 is 0 Å². The van der Waals surface area contributed by atoms with Gasteiger partial charge in [-0.2, -0.15) is 9.78 Å². The van der Waals surface area contributed by atoms with E-state index in [4.69, 9.17) is 10.4 Å². The van der Waals surface area contributed by atoms with Crippen molar-refractivity contribution in [3.05, 3.63) is 51.3 Å². The van der Waals surface area contributed by atoms with Crippen LogP contribution in [0.25, 0.3) is 5.82 Å². The van der Waals surface area contributed by atoms with E-state index in [0.29, 0.717) is 29.6 Å². The van der Waals surface area contributed by atoms with Gasteiger partial charge >= 0.3 is 0 Å². The molecule has 2 aromatic heterocycles. The standard InChI is InChI=1S/C20H24N10O4/c1-12-5-3-4-10-28(12)11-16-17(23-27-29(16)19-18(21)25-34-26-19)20(31)24-22-13(2)14-6-8-15(9-7-14)30(32)33/h6-9,12H,3-5,10-11H2,1-2H3,(H2,21,25)(H,24,31)/b22-13+/t12-/m1/s1. The van der Waals surface area contributed by atoms with Crippen molar-refractivity contribution in [2.75, 3.05) is 12.3 Å². The monoisotopic (exact) mass is 468 g/mol. The first kappa shape index (κ1) is 23.0. The summed E-state index contributed by atoms with van der Waals surface area (Å²) in [7, 11) is 0. The van der Waals surface area contributed by atoms with Gasteiger partial charge < -0.3 is 5.73 Å². The number of non-ortho nitro benzene ring substituents is 1. The lowest BCUT2D eigenvalue weighted by atomic mass is 10.0. The van der Waals surface area contributed by atoms with Gasteiger partial charge in [0, 0.05) is 24.7 Å². The van der Waals surface area contributed by atoms with Gasteiger partial charge in [-0.05, 0) is 61.2 Å². The van der Waals surface area contributed by atoms with Crippen molar-refractivity contribution < 1.29 is 14.3 Å². The summed E-state index contributed by atoms with van der Waals surface area (Å²) < 4.78 is 6.05. The van der Waals surface area contributed by atoms with Crippen LogP contribution in [0.3, 0.4) is 0 Å². The number of likely N-dealkylation sites (tertiary alicyclic amines) is 1. The summed E-state index contributed by atoms with van der Waals surface area (Å²) in [5.74, 6) is -0.393. The van der Waals surface area contributed by atoms with Crippen molar-refractivity contribution in [3.63, 3.8) is 0 Å². The van der Waals surface area contributed by atoms with E-state index in [1.54, 1.807) is 19.1 Å². The lowest BCUT2D eigenvalue weighted by molar-refractivity contribution is -0.384. The van der Waals surface area contributed by atoms with Gasteiger partial charge in [0.15, 0.2) is 5.69 Å². The molecule has 1 fully saturated rings. The Kier molecular flexibility index (Phi) is 6.58. The van der Waals surface area contributed by atoms with E-state index in [1.165, 1.54) is 16.8 Å². The summed E-state index contributed by atoms with van der Waals surface area (Å²) in [6.07, 6.45) is 3.26. The highest BCUT2D eigenvalue weighted by atomic mass is 16.6. The van der Waals surface area contributed by atoms with Crippen LogP contribution in [0.4, 0.5) is 11.5 Å². The smallest absolute Gasteiger partial charge is 0.293 e. The number of carbonyl (C=O) groups is 1. The molecule has 34 heavy (non-hydrogen) atoms. The predicted octanol–water partition coefficient (Wildman–Crippen LogP) is 1.67. The molecule has 14 heteroatoms. The molecule has 0 spiro atoms. The molecule has 3 aromatic rings. The van der Waals surface area contributed by atoms with Gasteiger partial charge in [0.05, 0.1) is 16.3 Å². The average molecular weight is 468 g/mol. The predicted molar refractivity (Wildman–Crippen MR) is 120 cm³/mol. The first-order valence-corrected chi connectivity index (χ1v) is 10.7. The van der Waals surface area contributed by atoms with Crippen molar-refractivity contribution >= 4 is 23.1 Å². The van der Waals surface area contributed by atoms with E-state index in [9.17, 15) is 14.9 Å². The molecule has 1 saturated heterocycles. The molecule has 0 unspecified atom stereocenters. The van der Waals surface area contributed by atoms with Crippen LogP contribution in [0.1, 0.15) is 54.9 Å². The zero-order chi connectivity index (χ0) is 24.2. The van der Waals surface area contributed by atoms with E-state index in [1.807, 2.05) is 0 Å². The van der Waals surface area contributed by atoms with Crippen LogP contribution < -0.4 is 11.2 Å². The molecule has 14 nitrogen and oxygen atoms in total. The number of benzene rings is 1. The minimum atomic E-state index is -0.567. The fourth-order valence-electron chi connectivity index (χ4n) is 3.79. The highest BCUT2D eigenvalue weighted by molar-refractivity contribution is 6.00. The maximum absolute atomic E-state index is 13.0. The van der Waals surface area contributed by atoms with Gasteiger partial charge in [0.25, 0.3) is 11.6 Å². The molecule has 3 heterocycles. The number of rotatable bonds is 7. The molecule has 0 radical (unpaired) electrons. The van der Waals surface area contributed by atoms with Crippen molar-refractivity contribution in [3.8, 4) is 5.82 Å². The zero-order valence-electron chi connectivity index (χ0n) is 18.7. The summed E-state index contributed by atoms with van der Waals surface area (Å²) >= 11 is 0. The number of nitrogens with two attached hydrogens (primary N) is 1. The molecule has 1 atom stereocenters. The maximum atomic E-state index is 13.0. The number of nitro groups is 1. The number of anilines is 1. The number of carbonyl (C=O) groups excluding carboxylic acids is 1. The molecular weight excluding hydrogens is 444 g/mol. The molecule has 0 aliphatic carbocycles. The van der Waals surface area contributed by atoms with Crippen molar-refractivity contribution in [2.45, 2.75) is 45.7 Å². The molecule has 1 aliphatic heterocycles. The van der Waals surface area contributed by atoms with E-state index >= 15 is 0 Å². The van der Waals surface area contributed by atoms with Gasteiger partial charge in [-0.1, -0.05) is 11.6 Å². The van der Waals surface area contributed by atoms with Gasteiger partial charge in [0.1, 0.15) is 0 Å². The van der Waals surface area contributed by atoms with Crippen molar-refractivity contribution in [1.82, 2.24) is 35.6 Å². The molecular formula is C20H24N10O4. The lowest BCUT2D eigenvalue weighted by Crippen LogP contribution is -2.38. The SMILES string of the molecule is C/C(=N\NC(=O)c1nnn(-c2nonc2N)c1CN1CCCC[C@H]1C)c1ccc([N+](=O)[O-])cc1. The van der Waals surface area contributed by atoms with Crippen LogP contribution in [-0.2, 0) is 6.54 Å². The lowest BCUT2D eigenvalue weighted by Gasteiger charge is -2.33. The Hall–Kier alpha value is -4.20. The summed E-state index contributed by atoms with van der Waals surface area (Å²) in [4.78, 5) is 25.6. The van der Waals surface area contributed by atoms with Crippen LogP contribution in [0.2, 0.25) is 0 Å². The number of aromatic nitrogens is 5. The third-order valence-corrected chi connectivity index (χ3v) is 5.79. The second-order valence-electron chi connectivity index (χ2n) is 8.03. The minimum absolute atomic E-state index is 0.0248. The van der Waals surface area contributed by atoms with E-state index in [-0.39, 0.29) is 23.0 Å². The number of nitrogens with zero attached hydrogens (tertiary/aromatic N) is 8. The van der Waals surface area contributed by atoms with Gasteiger partial charge in [0.2, 0.25) is 11.6 Å². The Bertz CT molecular complexity index is 1220. The second kappa shape index (κ2) is 9.74. The fourth-order valence-corrected chi connectivity index (χ4v) is 3.79.